The molecule has 0 aliphatic heterocycles. The zero-order chi connectivity index (χ0) is 11.4. The van der Waals surface area contributed by atoms with E-state index in [1.54, 1.807) is 0 Å². The summed E-state index contributed by atoms with van der Waals surface area (Å²) in [6, 6.07) is 0. The Morgan fingerprint density at radius 3 is 2.73 bits per heavy atom. The van der Waals surface area contributed by atoms with Crippen LogP contribution in [0.5, 0.6) is 0 Å². The van der Waals surface area contributed by atoms with Crippen molar-refractivity contribution in [3.63, 3.8) is 0 Å². The largest absolute Gasteiger partial charge is 0.369 e. The van der Waals surface area contributed by atoms with E-state index in [0.29, 0.717) is 13.0 Å². The third-order valence-electron chi connectivity index (χ3n) is 1.83. The smallest absolute Gasteiger partial charge is 0.281 e. The van der Waals surface area contributed by atoms with Crippen molar-refractivity contribution < 1.29 is 13.6 Å². The summed E-state index contributed by atoms with van der Waals surface area (Å²) in [7, 11) is 0. The van der Waals surface area contributed by atoms with Crippen LogP contribution in [0, 0.1) is 0 Å². The van der Waals surface area contributed by atoms with Crippen molar-refractivity contribution in [3.05, 3.63) is 11.4 Å². The van der Waals surface area contributed by atoms with E-state index in [2.05, 4.69) is 10.3 Å². The summed E-state index contributed by atoms with van der Waals surface area (Å²) in [6.45, 7) is 2.19. The molecule has 0 fully saturated rings. The lowest BCUT2D eigenvalue weighted by molar-refractivity contribution is -0.117. The van der Waals surface area contributed by atoms with Gasteiger partial charge in [0.25, 0.3) is 6.43 Å². The van der Waals surface area contributed by atoms with Crippen LogP contribution in [0.2, 0.25) is 0 Å². The molecule has 0 aliphatic carbocycles. The zero-order valence-electron chi connectivity index (χ0n) is 8.28. The molecule has 0 aromatic carbocycles. The highest BCUT2D eigenvalue weighted by Crippen LogP contribution is 2.21. The standard InChI is InChI=1S/C8H12F2N4O/c1-2-3-14-7(8(9)10)5(12-13-14)4-6(11)15/h8H,2-4H2,1H3,(H2,11,15). The average molecular weight is 218 g/mol. The topological polar surface area (TPSA) is 73.8 Å². The minimum Gasteiger partial charge on any atom is -0.369 e. The summed E-state index contributed by atoms with van der Waals surface area (Å²) in [5.74, 6) is -0.694. The maximum Gasteiger partial charge on any atom is 0.281 e. The molecule has 0 saturated carbocycles. The van der Waals surface area contributed by atoms with Crippen LogP contribution in [-0.2, 0) is 17.8 Å². The Balaban J connectivity index is 3.00. The number of carbonyl (C=O) groups is 1. The van der Waals surface area contributed by atoms with E-state index in [1.807, 2.05) is 6.92 Å². The minimum atomic E-state index is -2.69. The molecule has 0 unspecified atom stereocenters. The summed E-state index contributed by atoms with van der Waals surface area (Å²) in [5.41, 5.74) is 4.57. The van der Waals surface area contributed by atoms with E-state index < -0.39 is 12.3 Å². The highest BCUT2D eigenvalue weighted by Gasteiger charge is 2.22. The average Bonchev–Trinajstić information content (AvgIpc) is 2.47. The molecule has 1 aromatic rings. The predicted molar refractivity (Wildman–Crippen MR) is 48.2 cm³/mol. The monoisotopic (exact) mass is 218 g/mol. The molecule has 1 heterocycles. The molecule has 0 radical (unpaired) electrons. The van der Waals surface area contributed by atoms with Crippen molar-refractivity contribution in [2.75, 3.05) is 0 Å². The van der Waals surface area contributed by atoms with E-state index in [0.717, 1.165) is 4.68 Å². The van der Waals surface area contributed by atoms with Gasteiger partial charge in [-0.3, -0.25) is 4.79 Å². The number of hydrogen-bond donors (Lipinski definition) is 1. The number of amides is 1. The fraction of sp³-hybridized carbons (Fsp3) is 0.625. The summed E-state index contributed by atoms with van der Waals surface area (Å²) in [5, 5.41) is 7.09. The molecule has 5 nitrogen and oxygen atoms in total. The van der Waals surface area contributed by atoms with Gasteiger partial charge in [-0.15, -0.1) is 5.10 Å². The molecule has 0 aliphatic rings. The van der Waals surface area contributed by atoms with E-state index in [4.69, 9.17) is 5.73 Å². The van der Waals surface area contributed by atoms with Gasteiger partial charge in [-0.2, -0.15) is 0 Å². The molecule has 0 spiro atoms. The van der Waals surface area contributed by atoms with Gasteiger partial charge in [0.05, 0.1) is 6.42 Å². The maximum absolute atomic E-state index is 12.6. The summed E-state index contributed by atoms with van der Waals surface area (Å²) < 4.78 is 26.4. The normalized spacial score (nSPS) is 10.9. The molecule has 1 amide bonds. The molecule has 7 heteroatoms. The van der Waals surface area contributed by atoms with E-state index in [9.17, 15) is 13.6 Å². The van der Waals surface area contributed by atoms with Crippen molar-refractivity contribution in [1.82, 2.24) is 15.0 Å². The molecule has 1 aromatic heterocycles. The van der Waals surface area contributed by atoms with Crippen LogP contribution in [0.15, 0.2) is 0 Å². The number of alkyl halides is 2. The summed E-state index contributed by atoms with van der Waals surface area (Å²) in [6.07, 6.45) is -2.33. The molecular formula is C8H12F2N4O. The van der Waals surface area contributed by atoms with Gasteiger partial charge in [-0.1, -0.05) is 12.1 Å². The number of aromatic nitrogens is 3. The first-order valence-corrected chi connectivity index (χ1v) is 4.55. The Hall–Kier alpha value is -1.53. The van der Waals surface area contributed by atoms with Crippen LogP contribution in [0.25, 0.3) is 0 Å². The van der Waals surface area contributed by atoms with Crippen molar-refractivity contribution in [2.45, 2.75) is 32.7 Å². The van der Waals surface area contributed by atoms with Crippen LogP contribution in [0.1, 0.15) is 31.2 Å². The molecule has 1 rings (SSSR count). The Labute approximate surface area is 85.2 Å². The number of nitrogens with two attached hydrogens (primary N) is 1. The second kappa shape index (κ2) is 4.81. The maximum atomic E-state index is 12.6. The van der Waals surface area contributed by atoms with Gasteiger partial charge in [0.2, 0.25) is 5.91 Å². The lowest BCUT2D eigenvalue weighted by atomic mass is 10.2. The third-order valence-corrected chi connectivity index (χ3v) is 1.83. The van der Waals surface area contributed by atoms with Gasteiger partial charge in [-0.05, 0) is 6.42 Å². The van der Waals surface area contributed by atoms with Gasteiger partial charge in [0, 0.05) is 6.54 Å². The lowest BCUT2D eigenvalue weighted by Crippen LogP contribution is -2.16. The second-order valence-electron chi connectivity index (χ2n) is 3.09. The third kappa shape index (κ3) is 2.71. The zero-order valence-corrected chi connectivity index (χ0v) is 8.28. The SMILES string of the molecule is CCCn1nnc(CC(N)=O)c1C(F)F. The quantitative estimate of drug-likeness (QED) is 0.788. The minimum absolute atomic E-state index is 0.0362. The Morgan fingerprint density at radius 2 is 2.27 bits per heavy atom. The lowest BCUT2D eigenvalue weighted by Gasteiger charge is -2.04. The Kier molecular flexibility index (Phi) is 3.70. The number of carbonyl (C=O) groups excluding carboxylic acids is 1. The Bertz CT molecular complexity index is 350. The first-order chi connectivity index (χ1) is 7.06. The van der Waals surface area contributed by atoms with Crippen molar-refractivity contribution >= 4 is 5.91 Å². The second-order valence-corrected chi connectivity index (χ2v) is 3.09. The van der Waals surface area contributed by atoms with Crippen molar-refractivity contribution in [2.24, 2.45) is 5.73 Å². The number of rotatable bonds is 5. The van der Waals surface area contributed by atoms with Gasteiger partial charge in [-0.25, -0.2) is 13.5 Å². The number of aryl methyl sites for hydroxylation is 1. The first kappa shape index (κ1) is 11.5. The van der Waals surface area contributed by atoms with Crippen LogP contribution in [0.3, 0.4) is 0 Å². The van der Waals surface area contributed by atoms with E-state index in [1.165, 1.54) is 0 Å². The Morgan fingerprint density at radius 1 is 1.60 bits per heavy atom. The van der Waals surface area contributed by atoms with E-state index >= 15 is 0 Å². The highest BCUT2D eigenvalue weighted by atomic mass is 19.3. The van der Waals surface area contributed by atoms with Gasteiger partial charge < -0.3 is 5.73 Å². The molecule has 0 atom stereocenters. The molecule has 84 valence electrons. The van der Waals surface area contributed by atoms with Gasteiger partial charge in [0.1, 0.15) is 11.4 Å². The van der Waals surface area contributed by atoms with Crippen LogP contribution < -0.4 is 5.73 Å². The van der Waals surface area contributed by atoms with Crippen LogP contribution in [0.4, 0.5) is 8.78 Å². The van der Waals surface area contributed by atoms with Gasteiger partial charge >= 0.3 is 0 Å². The van der Waals surface area contributed by atoms with Crippen molar-refractivity contribution in [3.8, 4) is 0 Å². The number of halogens is 2. The fourth-order valence-corrected chi connectivity index (χ4v) is 1.26. The van der Waals surface area contributed by atoms with Crippen molar-refractivity contribution in [1.29, 1.82) is 0 Å². The molecule has 15 heavy (non-hydrogen) atoms. The number of hydrogen-bond acceptors (Lipinski definition) is 3. The van der Waals surface area contributed by atoms with Crippen LogP contribution in [-0.4, -0.2) is 20.9 Å². The van der Waals surface area contributed by atoms with Gasteiger partial charge in [0.15, 0.2) is 0 Å². The predicted octanol–water partition coefficient (Wildman–Crippen LogP) is 0.653. The number of nitrogens with zero attached hydrogens (tertiary/aromatic N) is 3. The molecule has 0 bridgehead atoms. The summed E-state index contributed by atoms with van der Waals surface area (Å²) in [4.78, 5) is 10.6. The highest BCUT2D eigenvalue weighted by molar-refractivity contribution is 5.76. The molecular weight excluding hydrogens is 206 g/mol. The number of primary amides is 1. The van der Waals surface area contributed by atoms with E-state index in [-0.39, 0.29) is 17.8 Å². The fourth-order valence-electron chi connectivity index (χ4n) is 1.26. The molecule has 0 saturated heterocycles. The summed E-state index contributed by atoms with van der Waals surface area (Å²) >= 11 is 0. The molecule has 2 N–H and O–H groups in total. The van der Waals surface area contributed by atoms with Crippen LogP contribution >= 0.6 is 0 Å². The first-order valence-electron chi connectivity index (χ1n) is 4.55.